The number of anilines is 4. The molecule has 394 valence electrons. The van der Waals surface area contributed by atoms with E-state index in [-0.39, 0.29) is 37.3 Å². The quantitative estimate of drug-likeness (QED) is 0.0424. The highest BCUT2D eigenvalue weighted by Gasteiger charge is 2.28. The molecule has 1 aliphatic heterocycles. The number of nitrogens with zero attached hydrogens (tertiary/aromatic N) is 14. The summed E-state index contributed by atoms with van der Waals surface area (Å²) in [6.45, 7) is 5.51. The molecule has 0 aliphatic carbocycles. The van der Waals surface area contributed by atoms with E-state index >= 15 is 0 Å². The van der Waals surface area contributed by atoms with Crippen LogP contribution in [0.15, 0.2) is 117 Å². The SMILES string of the molecule is COc1cc2ncnc(Nc3ccc(Oc4cc5nncn5cn4)c(Cc4cc(/C=C/C(=O)NOCCO)cc5c(Nc6ccc(Oc7cc8nncn8cn7)c(C)c6)ncnc45)c3)c2cc1OC(=O)N1CCN(C)C[C@H]1C. The number of piperazine rings is 1. The molecule has 78 heavy (non-hydrogen) atoms. The Morgan fingerprint density at radius 2 is 1.42 bits per heavy atom. The van der Waals surface area contributed by atoms with Gasteiger partial charge in [0.1, 0.15) is 61.1 Å². The van der Waals surface area contributed by atoms with Crippen LogP contribution >= 0.6 is 0 Å². The molecule has 2 amide bonds. The van der Waals surface area contributed by atoms with Crippen LogP contribution in [0.25, 0.3) is 39.2 Å². The first-order chi connectivity index (χ1) is 38.0. The van der Waals surface area contributed by atoms with E-state index in [1.807, 2.05) is 69.4 Å². The minimum Gasteiger partial charge on any atom is -0.493 e. The van der Waals surface area contributed by atoms with E-state index in [9.17, 15) is 14.7 Å². The number of aliphatic hydroxyl groups is 1. The van der Waals surface area contributed by atoms with Crippen LogP contribution in [-0.2, 0) is 16.1 Å². The minimum atomic E-state index is -0.542. The highest BCUT2D eigenvalue weighted by molar-refractivity contribution is 5.97. The van der Waals surface area contributed by atoms with Gasteiger partial charge in [-0.1, -0.05) is 0 Å². The number of likely N-dealkylation sites (N-methyl/N-ethyl adjacent to an activating group) is 1. The molecule has 1 fully saturated rings. The summed E-state index contributed by atoms with van der Waals surface area (Å²) in [6, 6.07) is 21.7. The van der Waals surface area contributed by atoms with E-state index in [0.717, 1.165) is 17.7 Å². The molecule has 0 unspecified atom stereocenters. The zero-order chi connectivity index (χ0) is 53.7. The molecule has 25 nitrogen and oxygen atoms in total. The van der Waals surface area contributed by atoms with Crippen LogP contribution in [0.1, 0.15) is 29.2 Å². The number of aliphatic hydroxyl groups excluding tert-OH is 1. The standard InChI is InChI=1S/C53H49N17O8/c1-31-15-36(6-8-41(31)76-48-22-45-64-60-29-68(45)27-58-48)62-52-39-17-33(5-10-47(72)66-75-14-13-71)16-35(50(39)55-26-57-52)18-34-19-37(7-9-42(34)77-49-23-46-65-61-30-69(46)28-59-49)63-51-38-20-44(43(74-4)21-40(38)54-25-56-51)78-53(73)70-12-11-67(3)24-32(70)2/h5-10,15-17,19-23,25-30,32,71H,11-14,18,24H2,1-4H3,(H,66,72)(H,54,56,63)(H,55,57,62)/b10-5+/t32-/m1/s1. The van der Waals surface area contributed by atoms with Crippen molar-refractivity contribution in [2.24, 2.45) is 0 Å². The lowest BCUT2D eigenvalue weighted by molar-refractivity contribution is -0.129. The number of hydrogen-bond donors (Lipinski definition) is 4. The van der Waals surface area contributed by atoms with Crippen molar-refractivity contribution >= 4 is 74.2 Å². The van der Waals surface area contributed by atoms with Gasteiger partial charge in [0.15, 0.2) is 22.8 Å². The second kappa shape index (κ2) is 22.1. The fraction of sp³-hybridized carbons (Fsp3) is 0.208. The summed E-state index contributed by atoms with van der Waals surface area (Å²) in [5.41, 5.74) is 8.76. The average molecular weight is 1050 g/mol. The summed E-state index contributed by atoms with van der Waals surface area (Å²) in [5.74, 6) is 2.58. The predicted molar refractivity (Wildman–Crippen MR) is 284 cm³/mol. The zero-order valence-electron chi connectivity index (χ0n) is 42.4. The van der Waals surface area contributed by atoms with E-state index in [1.165, 1.54) is 25.8 Å². The third-order valence-electron chi connectivity index (χ3n) is 12.7. The lowest BCUT2D eigenvalue weighted by atomic mass is 9.97. The number of hydrogen-bond acceptors (Lipinski definition) is 21. The van der Waals surface area contributed by atoms with E-state index in [0.29, 0.717) is 103 Å². The Labute approximate surface area is 443 Å². The smallest absolute Gasteiger partial charge is 0.415 e. The van der Waals surface area contributed by atoms with Crippen LogP contribution in [-0.4, -0.2) is 139 Å². The monoisotopic (exact) mass is 1050 g/mol. The number of benzene rings is 4. The van der Waals surface area contributed by atoms with Crippen LogP contribution in [0.2, 0.25) is 0 Å². The van der Waals surface area contributed by atoms with E-state index in [2.05, 4.69) is 66.3 Å². The number of carbonyl (C=O) groups excluding carboxylic acids is 2. The van der Waals surface area contributed by atoms with Crippen LogP contribution in [0, 0.1) is 6.92 Å². The fourth-order valence-electron chi connectivity index (χ4n) is 8.91. The van der Waals surface area contributed by atoms with Crippen molar-refractivity contribution in [3.8, 4) is 34.8 Å². The van der Waals surface area contributed by atoms with Gasteiger partial charge in [0.2, 0.25) is 11.8 Å². The summed E-state index contributed by atoms with van der Waals surface area (Å²) < 4.78 is 27.7. The number of amides is 2. The number of aromatic nitrogens is 12. The lowest BCUT2D eigenvalue weighted by Gasteiger charge is -2.37. The Kier molecular flexibility index (Phi) is 14.2. The number of rotatable bonds is 17. The third-order valence-corrected chi connectivity index (χ3v) is 12.7. The molecule has 0 saturated carbocycles. The molecule has 6 aromatic heterocycles. The first-order valence-corrected chi connectivity index (χ1v) is 24.5. The second-order valence-electron chi connectivity index (χ2n) is 18.2. The van der Waals surface area contributed by atoms with Gasteiger partial charge in [-0.25, -0.2) is 40.2 Å². The Bertz CT molecular complexity index is 3910. The van der Waals surface area contributed by atoms with Gasteiger partial charge in [-0.15, -0.1) is 20.4 Å². The van der Waals surface area contributed by atoms with Crippen molar-refractivity contribution in [3.63, 3.8) is 0 Å². The average Bonchev–Trinajstić information content (AvgIpc) is 4.14. The maximum absolute atomic E-state index is 13.6. The molecular formula is C53H49N17O8. The van der Waals surface area contributed by atoms with Crippen LogP contribution in [0.5, 0.6) is 34.8 Å². The number of aryl methyl sites for hydroxylation is 1. The van der Waals surface area contributed by atoms with Crippen molar-refractivity contribution in [1.29, 1.82) is 0 Å². The van der Waals surface area contributed by atoms with Gasteiger partial charge in [-0.2, -0.15) is 0 Å². The maximum Gasteiger partial charge on any atom is 0.415 e. The topological polar surface area (TPSA) is 281 Å². The molecule has 0 bridgehead atoms. The number of hydroxylamine groups is 1. The Morgan fingerprint density at radius 1 is 0.731 bits per heavy atom. The van der Waals surface area contributed by atoms with Gasteiger partial charge in [-0.3, -0.25) is 18.4 Å². The Morgan fingerprint density at radius 3 is 2.13 bits per heavy atom. The second-order valence-corrected chi connectivity index (χ2v) is 18.2. The van der Waals surface area contributed by atoms with Crippen molar-refractivity contribution in [1.82, 2.24) is 74.4 Å². The molecule has 0 spiro atoms. The van der Waals surface area contributed by atoms with Crippen LogP contribution in [0.3, 0.4) is 0 Å². The number of nitrogens with one attached hydrogen (secondary N) is 3. The van der Waals surface area contributed by atoms with Crippen LogP contribution in [0.4, 0.5) is 27.8 Å². The van der Waals surface area contributed by atoms with Crippen molar-refractivity contribution < 1.29 is 38.5 Å². The lowest BCUT2D eigenvalue weighted by Crippen LogP contribution is -2.53. The molecule has 4 N–H and O–H groups in total. The first-order valence-electron chi connectivity index (χ1n) is 24.5. The number of ether oxygens (including phenoxy) is 4. The fourth-order valence-corrected chi connectivity index (χ4v) is 8.91. The van der Waals surface area contributed by atoms with E-state index < -0.39 is 12.0 Å². The summed E-state index contributed by atoms with van der Waals surface area (Å²) in [6.07, 6.45) is 11.9. The van der Waals surface area contributed by atoms with Gasteiger partial charge < -0.3 is 44.5 Å². The maximum atomic E-state index is 13.6. The molecule has 11 rings (SSSR count). The molecular weight excluding hydrogens is 1000 g/mol. The predicted octanol–water partition coefficient (Wildman–Crippen LogP) is 6.62. The van der Waals surface area contributed by atoms with Crippen molar-refractivity contribution in [2.45, 2.75) is 26.3 Å². The molecule has 1 aliphatic rings. The first kappa shape index (κ1) is 50.2. The van der Waals surface area contributed by atoms with Gasteiger partial charge in [0, 0.05) is 84.1 Å². The summed E-state index contributed by atoms with van der Waals surface area (Å²) >= 11 is 0. The largest absolute Gasteiger partial charge is 0.493 e. The molecule has 10 aromatic rings. The van der Waals surface area contributed by atoms with Gasteiger partial charge >= 0.3 is 6.09 Å². The van der Waals surface area contributed by atoms with Crippen molar-refractivity contribution in [2.75, 3.05) is 57.6 Å². The molecule has 1 saturated heterocycles. The molecule has 4 aromatic carbocycles. The molecule has 0 radical (unpaired) electrons. The van der Waals surface area contributed by atoms with Gasteiger partial charge in [-0.05, 0) is 98.3 Å². The van der Waals surface area contributed by atoms with Crippen molar-refractivity contribution in [3.05, 3.63) is 139 Å². The highest BCUT2D eigenvalue weighted by atomic mass is 16.7. The Balaban J connectivity index is 0.952. The summed E-state index contributed by atoms with van der Waals surface area (Å²) in [7, 11) is 3.53. The third kappa shape index (κ3) is 11.0. The van der Waals surface area contributed by atoms with E-state index in [1.54, 1.807) is 69.4 Å². The molecule has 1 atom stereocenters. The normalized spacial score (nSPS) is 13.9. The number of carbonyl (C=O) groups is 2. The molecule has 25 heteroatoms. The number of methoxy groups -OCH3 is 1. The van der Waals surface area contributed by atoms with Gasteiger partial charge in [0.25, 0.3) is 5.91 Å². The minimum absolute atomic E-state index is 0.0553. The summed E-state index contributed by atoms with van der Waals surface area (Å²) in [4.78, 5) is 62.9. The van der Waals surface area contributed by atoms with Crippen LogP contribution < -0.4 is 35.1 Å². The zero-order valence-corrected chi connectivity index (χ0v) is 42.4. The summed E-state index contributed by atoms with van der Waals surface area (Å²) in [5, 5.41) is 33.5. The van der Waals surface area contributed by atoms with Gasteiger partial charge in [0.05, 0.1) is 31.4 Å². The number of fused-ring (bicyclic) bond motifs is 4. The highest BCUT2D eigenvalue weighted by Crippen LogP contribution is 2.38. The van der Waals surface area contributed by atoms with E-state index in [4.69, 9.17) is 28.8 Å². The Hall–Kier alpha value is -9.98. The molecule has 7 heterocycles.